The molecule has 6 nitrogen and oxygen atoms in total. The quantitative estimate of drug-likeness (QED) is 0.742. The van der Waals surface area contributed by atoms with Gasteiger partial charge in [0.1, 0.15) is 17.7 Å². The highest BCUT2D eigenvalue weighted by molar-refractivity contribution is 5.92. The topological polar surface area (TPSA) is 95.3 Å². The maximum absolute atomic E-state index is 11.0. The molecule has 1 heterocycles. The number of nitrogens with one attached hydrogen (secondary N) is 1. The van der Waals surface area contributed by atoms with Gasteiger partial charge in [0.15, 0.2) is 0 Å². The van der Waals surface area contributed by atoms with Crippen molar-refractivity contribution in [2.45, 2.75) is 31.7 Å². The molecule has 18 heavy (non-hydrogen) atoms. The summed E-state index contributed by atoms with van der Waals surface area (Å²) in [5, 5.41) is 21.5. The van der Waals surface area contributed by atoms with E-state index in [0.29, 0.717) is 5.82 Å². The average molecular weight is 251 g/mol. The summed E-state index contributed by atoms with van der Waals surface area (Å²) in [4.78, 5) is 18.7. The molecule has 0 aromatic carbocycles. The zero-order valence-electron chi connectivity index (χ0n) is 10.0. The van der Waals surface area contributed by atoms with E-state index in [2.05, 4.69) is 15.3 Å². The van der Waals surface area contributed by atoms with E-state index in [1.54, 1.807) is 0 Å². The van der Waals surface area contributed by atoms with Gasteiger partial charge in [0.25, 0.3) is 0 Å². The first kappa shape index (κ1) is 12.8. The Kier molecular flexibility index (Phi) is 4.09. The Morgan fingerprint density at radius 1 is 1.44 bits per heavy atom. The smallest absolute Gasteiger partial charge is 0.341 e. The molecular formula is C12H17N3O3. The van der Waals surface area contributed by atoms with E-state index in [-0.39, 0.29) is 24.1 Å². The highest BCUT2D eigenvalue weighted by Gasteiger charge is 2.26. The standard InChI is InChI=1S/C12H17N3O3/c16-6-8-3-1-2-4-10(8)15-11-9(12(17)18)5-13-7-14-11/h5,7-8,10,16H,1-4,6H2,(H,17,18)(H,13,14,15). The number of rotatable bonds is 4. The van der Waals surface area contributed by atoms with Crippen LogP contribution in [0.25, 0.3) is 0 Å². The van der Waals surface area contributed by atoms with Gasteiger partial charge in [-0.1, -0.05) is 12.8 Å². The summed E-state index contributed by atoms with van der Waals surface area (Å²) in [6, 6.07) is 0.0803. The molecule has 3 N–H and O–H groups in total. The Hall–Kier alpha value is -1.69. The van der Waals surface area contributed by atoms with Gasteiger partial charge >= 0.3 is 5.97 Å². The summed E-state index contributed by atoms with van der Waals surface area (Å²) in [5.41, 5.74) is 0.0692. The largest absolute Gasteiger partial charge is 0.477 e. The molecule has 2 unspecified atom stereocenters. The molecule has 2 rings (SSSR count). The fourth-order valence-corrected chi connectivity index (χ4v) is 2.39. The minimum atomic E-state index is -1.05. The van der Waals surface area contributed by atoms with Gasteiger partial charge in [0, 0.05) is 24.8 Å². The first-order chi connectivity index (χ1) is 8.72. The van der Waals surface area contributed by atoms with Crippen LogP contribution in [0.4, 0.5) is 5.82 Å². The molecule has 1 aromatic rings. The van der Waals surface area contributed by atoms with Gasteiger partial charge in [-0.15, -0.1) is 0 Å². The zero-order chi connectivity index (χ0) is 13.0. The number of aliphatic hydroxyl groups excluding tert-OH is 1. The van der Waals surface area contributed by atoms with Crippen LogP contribution in [0.2, 0.25) is 0 Å². The second-order valence-electron chi connectivity index (χ2n) is 4.57. The van der Waals surface area contributed by atoms with Crippen molar-refractivity contribution in [3.63, 3.8) is 0 Å². The third-order valence-electron chi connectivity index (χ3n) is 3.41. The van der Waals surface area contributed by atoms with Crippen LogP contribution >= 0.6 is 0 Å². The van der Waals surface area contributed by atoms with Gasteiger partial charge in [0.05, 0.1) is 0 Å². The van der Waals surface area contributed by atoms with E-state index < -0.39 is 5.97 Å². The van der Waals surface area contributed by atoms with Crippen molar-refractivity contribution >= 4 is 11.8 Å². The molecule has 1 aliphatic carbocycles. The number of carboxylic acid groups (broad SMARTS) is 1. The van der Waals surface area contributed by atoms with Crippen molar-refractivity contribution in [1.29, 1.82) is 0 Å². The summed E-state index contributed by atoms with van der Waals surface area (Å²) in [7, 11) is 0. The molecular weight excluding hydrogens is 234 g/mol. The van der Waals surface area contributed by atoms with Gasteiger partial charge in [-0.3, -0.25) is 0 Å². The third-order valence-corrected chi connectivity index (χ3v) is 3.41. The number of hydrogen-bond donors (Lipinski definition) is 3. The molecule has 2 atom stereocenters. The van der Waals surface area contributed by atoms with Crippen LogP contribution in [0.3, 0.4) is 0 Å². The van der Waals surface area contributed by atoms with Crippen molar-refractivity contribution in [3.8, 4) is 0 Å². The Balaban J connectivity index is 2.15. The van der Waals surface area contributed by atoms with Crippen molar-refractivity contribution in [2.75, 3.05) is 11.9 Å². The lowest BCUT2D eigenvalue weighted by Gasteiger charge is -2.31. The molecule has 1 aromatic heterocycles. The van der Waals surface area contributed by atoms with Crippen molar-refractivity contribution in [3.05, 3.63) is 18.1 Å². The van der Waals surface area contributed by atoms with Crippen LogP contribution in [0.15, 0.2) is 12.5 Å². The lowest BCUT2D eigenvalue weighted by molar-refractivity contribution is 0.0697. The molecule has 1 fully saturated rings. The number of aliphatic hydroxyl groups is 1. The maximum atomic E-state index is 11.0. The van der Waals surface area contributed by atoms with Crippen LogP contribution in [0, 0.1) is 5.92 Å². The highest BCUT2D eigenvalue weighted by atomic mass is 16.4. The predicted molar refractivity (Wildman–Crippen MR) is 65.4 cm³/mol. The minimum absolute atomic E-state index is 0.0692. The molecule has 0 aliphatic heterocycles. The van der Waals surface area contributed by atoms with Crippen molar-refractivity contribution < 1.29 is 15.0 Å². The van der Waals surface area contributed by atoms with Crippen LogP contribution in [-0.2, 0) is 0 Å². The second-order valence-corrected chi connectivity index (χ2v) is 4.57. The molecule has 0 saturated heterocycles. The fraction of sp³-hybridized carbons (Fsp3) is 0.583. The van der Waals surface area contributed by atoms with Gasteiger partial charge in [0.2, 0.25) is 0 Å². The molecule has 0 spiro atoms. The number of anilines is 1. The van der Waals surface area contributed by atoms with E-state index in [4.69, 9.17) is 5.11 Å². The predicted octanol–water partition coefficient (Wildman–Crippen LogP) is 1.14. The first-order valence-electron chi connectivity index (χ1n) is 6.13. The van der Waals surface area contributed by atoms with Crippen LogP contribution in [-0.4, -0.2) is 38.8 Å². The van der Waals surface area contributed by atoms with Gasteiger partial charge < -0.3 is 15.5 Å². The molecule has 6 heteroatoms. The van der Waals surface area contributed by atoms with Gasteiger partial charge in [-0.25, -0.2) is 14.8 Å². The molecule has 1 saturated carbocycles. The lowest BCUT2D eigenvalue weighted by atomic mass is 9.85. The molecule has 1 aliphatic rings. The molecule has 98 valence electrons. The van der Waals surface area contributed by atoms with Gasteiger partial charge in [-0.2, -0.15) is 0 Å². The average Bonchev–Trinajstić information content (AvgIpc) is 2.40. The summed E-state index contributed by atoms with van der Waals surface area (Å²) >= 11 is 0. The number of nitrogens with zero attached hydrogens (tertiary/aromatic N) is 2. The SMILES string of the molecule is O=C(O)c1cncnc1NC1CCCCC1CO. The molecule has 0 amide bonds. The third kappa shape index (κ3) is 2.76. The van der Waals surface area contributed by atoms with E-state index in [1.165, 1.54) is 12.5 Å². The lowest BCUT2D eigenvalue weighted by Crippen LogP contribution is -2.35. The molecule has 0 radical (unpaired) electrons. The summed E-state index contributed by atoms with van der Waals surface area (Å²) in [6.45, 7) is 0.116. The fourth-order valence-electron chi connectivity index (χ4n) is 2.39. The van der Waals surface area contributed by atoms with Crippen LogP contribution in [0.1, 0.15) is 36.0 Å². The number of aromatic nitrogens is 2. The highest BCUT2D eigenvalue weighted by Crippen LogP contribution is 2.27. The van der Waals surface area contributed by atoms with Gasteiger partial charge in [-0.05, 0) is 12.8 Å². The van der Waals surface area contributed by atoms with Crippen molar-refractivity contribution in [2.24, 2.45) is 5.92 Å². The Labute approximate surface area is 105 Å². The van der Waals surface area contributed by atoms with E-state index >= 15 is 0 Å². The monoisotopic (exact) mass is 251 g/mol. The van der Waals surface area contributed by atoms with E-state index in [9.17, 15) is 9.90 Å². The summed E-state index contributed by atoms with van der Waals surface area (Å²) < 4.78 is 0. The number of aromatic carboxylic acids is 1. The number of carboxylic acids is 1. The second kappa shape index (κ2) is 5.77. The van der Waals surface area contributed by atoms with E-state index in [1.807, 2.05) is 0 Å². The Morgan fingerprint density at radius 2 is 2.22 bits per heavy atom. The number of carbonyl (C=O) groups is 1. The Morgan fingerprint density at radius 3 is 2.94 bits per heavy atom. The Bertz CT molecular complexity index is 425. The van der Waals surface area contributed by atoms with Crippen LogP contribution < -0.4 is 5.32 Å². The normalized spacial score (nSPS) is 23.6. The van der Waals surface area contributed by atoms with Crippen LogP contribution in [0.5, 0.6) is 0 Å². The zero-order valence-corrected chi connectivity index (χ0v) is 10.0. The number of hydrogen-bond acceptors (Lipinski definition) is 5. The first-order valence-corrected chi connectivity index (χ1v) is 6.13. The van der Waals surface area contributed by atoms with E-state index in [0.717, 1.165) is 25.7 Å². The summed E-state index contributed by atoms with van der Waals surface area (Å²) in [5.74, 6) is -0.548. The maximum Gasteiger partial charge on any atom is 0.341 e. The summed E-state index contributed by atoms with van der Waals surface area (Å²) in [6.07, 6.45) is 6.69. The van der Waals surface area contributed by atoms with Crippen molar-refractivity contribution in [1.82, 2.24) is 9.97 Å². The molecule has 0 bridgehead atoms. The minimum Gasteiger partial charge on any atom is -0.477 e.